The Labute approximate surface area is 113 Å². The third-order valence-electron chi connectivity index (χ3n) is 4.84. The molecule has 2 heterocycles. The maximum absolute atomic E-state index is 3.42. The molecular weight excluding hydrogens is 222 g/mol. The van der Waals surface area contributed by atoms with Gasteiger partial charge in [0.25, 0.3) is 0 Å². The van der Waals surface area contributed by atoms with E-state index in [1.165, 1.54) is 71.2 Å². The molecule has 0 saturated carbocycles. The predicted molar refractivity (Wildman–Crippen MR) is 78.0 cm³/mol. The summed E-state index contributed by atoms with van der Waals surface area (Å²) in [6.07, 6.45) is 8.18. The molecule has 3 nitrogen and oxygen atoms in total. The van der Waals surface area contributed by atoms with Gasteiger partial charge in [-0.3, -0.25) is 0 Å². The molecule has 0 amide bonds. The molecule has 2 saturated heterocycles. The highest BCUT2D eigenvalue weighted by atomic mass is 15.2. The maximum atomic E-state index is 3.42. The maximum Gasteiger partial charge on any atom is 0.0120 e. The summed E-state index contributed by atoms with van der Waals surface area (Å²) in [4.78, 5) is 5.42. The van der Waals surface area contributed by atoms with Crippen LogP contribution in [0.15, 0.2) is 0 Å². The molecule has 0 aromatic heterocycles. The average Bonchev–Trinajstić information content (AvgIpc) is 2.46. The predicted octanol–water partition coefficient (Wildman–Crippen LogP) is 1.93. The Kier molecular flexibility index (Phi) is 5.93. The highest BCUT2D eigenvalue weighted by Gasteiger charge is 2.27. The van der Waals surface area contributed by atoms with Crippen molar-refractivity contribution in [3.63, 3.8) is 0 Å². The van der Waals surface area contributed by atoms with Crippen LogP contribution in [0, 0.1) is 0 Å². The van der Waals surface area contributed by atoms with Gasteiger partial charge in [0.2, 0.25) is 0 Å². The van der Waals surface area contributed by atoms with Gasteiger partial charge in [-0.15, -0.1) is 0 Å². The monoisotopic (exact) mass is 253 g/mol. The van der Waals surface area contributed by atoms with E-state index in [0.717, 1.165) is 12.1 Å². The second-order valence-electron chi connectivity index (χ2n) is 6.03. The number of unbranched alkanes of at least 4 members (excludes halogenated alkanes) is 1. The highest BCUT2D eigenvalue weighted by molar-refractivity contribution is 4.84. The number of nitrogens with zero attached hydrogens (tertiary/aromatic N) is 2. The zero-order valence-electron chi connectivity index (χ0n) is 12.3. The molecule has 18 heavy (non-hydrogen) atoms. The topological polar surface area (TPSA) is 18.5 Å². The van der Waals surface area contributed by atoms with Crippen LogP contribution >= 0.6 is 0 Å². The SMILES string of the molecule is CCCCN1CCC(N2CCC(NC)CC2)CC1. The minimum absolute atomic E-state index is 0.769. The lowest BCUT2D eigenvalue weighted by Gasteiger charge is -2.41. The van der Waals surface area contributed by atoms with E-state index in [9.17, 15) is 0 Å². The lowest BCUT2D eigenvalue weighted by molar-refractivity contribution is 0.0842. The summed E-state index contributed by atoms with van der Waals surface area (Å²) in [6, 6.07) is 1.64. The Hall–Kier alpha value is -0.120. The van der Waals surface area contributed by atoms with Crippen molar-refractivity contribution in [2.24, 2.45) is 0 Å². The molecule has 0 aromatic carbocycles. The molecule has 0 unspecified atom stereocenters. The molecule has 0 aromatic rings. The Morgan fingerprint density at radius 2 is 1.67 bits per heavy atom. The van der Waals surface area contributed by atoms with Crippen LogP contribution in [-0.4, -0.2) is 61.7 Å². The number of hydrogen-bond acceptors (Lipinski definition) is 3. The van der Waals surface area contributed by atoms with Crippen LogP contribution in [0.2, 0.25) is 0 Å². The van der Waals surface area contributed by atoms with Crippen molar-refractivity contribution in [1.82, 2.24) is 15.1 Å². The molecule has 0 atom stereocenters. The van der Waals surface area contributed by atoms with Crippen molar-refractivity contribution < 1.29 is 0 Å². The van der Waals surface area contributed by atoms with Crippen LogP contribution in [0.1, 0.15) is 45.4 Å². The Morgan fingerprint density at radius 1 is 1.00 bits per heavy atom. The van der Waals surface area contributed by atoms with E-state index in [1.54, 1.807) is 0 Å². The van der Waals surface area contributed by atoms with Crippen molar-refractivity contribution in [1.29, 1.82) is 0 Å². The van der Waals surface area contributed by atoms with Gasteiger partial charge in [0.1, 0.15) is 0 Å². The van der Waals surface area contributed by atoms with E-state index < -0.39 is 0 Å². The molecular formula is C15H31N3. The van der Waals surface area contributed by atoms with Crippen LogP contribution in [0.3, 0.4) is 0 Å². The molecule has 1 N–H and O–H groups in total. The summed E-state index contributed by atoms with van der Waals surface area (Å²) in [5.74, 6) is 0. The molecule has 0 radical (unpaired) electrons. The Morgan fingerprint density at radius 3 is 2.22 bits per heavy atom. The smallest absolute Gasteiger partial charge is 0.0120 e. The lowest BCUT2D eigenvalue weighted by atomic mass is 9.98. The summed E-state index contributed by atoms with van der Waals surface area (Å²) in [5.41, 5.74) is 0. The second-order valence-corrected chi connectivity index (χ2v) is 6.03. The van der Waals surface area contributed by atoms with E-state index >= 15 is 0 Å². The zero-order valence-corrected chi connectivity index (χ0v) is 12.3. The van der Waals surface area contributed by atoms with Gasteiger partial charge in [-0.1, -0.05) is 13.3 Å². The number of piperidine rings is 2. The number of nitrogens with one attached hydrogen (secondary N) is 1. The van der Waals surface area contributed by atoms with Gasteiger partial charge in [0.05, 0.1) is 0 Å². The van der Waals surface area contributed by atoms with Crippen LogP contribution in [0.5, 0.6) is 0 Å². The molecule has 2 aliphatic heterocycles. The third-order valence-corrected chi connectivity index (χ3v) is 4.84. The van der Waals surface area contributed by atoms with Crippen molar-refractivity contribution in [2.45, 2.75) is 57.5 Å². The molecule has 0 bridgehead atoms. The van der Waals surface area contributed by atoms with Gasteiger partial charge in [0, 0.05) is 12.1 Å². The first-order valence-electron chi connectivity index (χ1n) is 7.97. The standard InChI is InChI=1S/C15H31N3/c1-3-4-9-17-10-7-15(8-11-17)18-12-5-14(16-2)6-13-18/h14-16H,3-13H2,1-2H3. The lowest BCUT2D eigenvalue weighted by Crippen LogP contribution is -2.50. The van der Waals surface area contributed by atoms with Gasteiger partial charge >= 0.3 is 0 Å². The summed E-state index contributed by atoms with van der Waals surface area (Å²) < 4.78 is 0. The van der Waals surface area contributed by atoms with Gasteiger partial charge in [-0.25, -0.2) is 0 Å². The van der Waals surface area contributed by atoms with E-state index in [2.05, 4.69) is 29.1 Å². The van der Waals surface area contributed by atoms with Crippen LogP contribution in [0.4, 0.5) is 0 Å². The van der Waals surface area contributed by atoms with Crippen LogP contribution < -0.4 is 5.32 Å². The molecule has 2 rings (SSSR count). The number of hydrogen-bond donors (Lipinski definition) is 1. The molecule has 2 aliphatic rings. The van der Waals surface area contributed by atoms with Crippen molar-refractivity contribution >= 4 is 0 Å². The average molecular weight is 253 g/mol. The fourth-order valence-corrected chi connectivity index (χ4v) is 3.44. The van der Waals surface area contributed by atoms with Crippen molar-refractivity contribution in [3.8, 4) is 0 Å². The van der Waals surface area contributed by atoms with E-state index in [4.69, 9.17) is 0 Å². The quantitative estimate of drug-likeness (QED) is 0.808. The van der Waals surface area contributed by atoms with Crippen LogP contribution in [0.25, 0.3) is 0 Å². The highest BCUT2D eigenvalue weighted by Crippen LogP contribution is 2.21. The first-order chi connectivity index (χ1) is 8.83. The first kappa shape index (κ1) is 14.3. The Balaban J connectivity index is 1.67. The molecule has 0 spiro atoms. The summed E-state index contributed by atoms with van der Waals surface area (Å²) in [6.45, 7) is 8.90. The van der Waals surface area contributed by atoms with Gasteiger partial charge in [-0.2, -0.15) is 0 Å². The van der Waals surface area contributed by atoms with Crippen molar-refractivity contribution in [3.05, 3.63) is 0 Å². The van der Waals surface area contributed by atoms with Gasteiger partial charge in [0.15, 0.2) is 0 Å². The van der Waals surface area contributed by atoms with Crippen LogP contribution in [-0.2, 0) is 0 Å². The zero-order chi connectivity index (χ0) is 12.8. The third kappa shape index (κ3) is 3.94. The summed E-state index contributed by atoms with van der Waals surface area (Å²) in [7, 11) is 2.10. The minimum Gasteiger partial charge on any atom is -0.317 e. The minimum atomic E-state index is 0.769. The molecule has 0 aliphatic carbocycles. The van der Waals surface area contributed by atoms with E-state index in [-0.39, 0.29) is 0 Å². The fraction of sp³-hybridized carbons (Fsp3) is 1.00. The second kappa shape index (κ2) is 7.46. The van der Waals surface area contributed by atoms with Gasteiger partial charge in [-0.05, 0) is 71.9 Å². The molecule has 2 fully saturated rings. The number of likely N-dealkylation sites (tertiary alicyclic amines) is 2. The van der Waals surface area contributed by atoms with Crippen molar-refractivity contribution in [2.75, 3.05) is 39.8 Å². The Bertz CT molecular complexity index is 216. The molecule has 3 heteroatoms. The summed E-state index contributed by atoms with van der Waals surface area (Å²) >= 11 is 0. The fourth-order valence-electron chi connectivity index (χ4n) is 3.44. The van der Waals surface area contributed by atoms with E-state index in [0.29, 0.717) is 0 Å². The molecule has 106 valence electrons. The largest absolute Gasteiger partial charge is 0.317 e. The first-order valence-corrected chi connectivity index (χ1v) is 7.97. The normalized spacial score (nSPS) is 25.7. The summed E-state index contributed by atoms with van der Waals surface area (Å²) in [5, 5.41) is 3.42. The van der Waals surface area contributed by atoms with E-state index in [1.807, 2.05) is 0 Å². The van der Waals surface area contributed by atoms with Gasteiger partial charge < -0.3 is 15.1 Å². The number of rotatable bonds is 5.